The van der Waals surface area contributed by atoms with Crippen molar-refractivity contribution in [3.05, 3.63) is 57.8 Å². The van der Waals surface area contributed by atoms with Crippen molar-refractivity contribution in [3.8, 4) is 0 Å². The van der Waals surface area contributed by atoms with Gasteiger partial charge in [0.15, 0.2) is 0 Å². The van der Waals surface area contributed by atoms with Crippen LogP contribution >= 0.6 is 11.3 Å². The summed E-state index contributed by atoms with van der Waals surface area (Å²) in [4.78, 5) is 16.1. The molecule has 1 aromatic carbocycles. The van der Waals surface area contributed by atoms with E-state index in [1.54, 1.807) is 0 Å². The van der Waals surface area contributed by atoms with Gasteiger partial charge in [-0.15, -0.1) is 11.3 Å². The Balaban J connectivity index is 1.92. The molecule has 0 spiro atoms. The molecule has 0 bridgehead atoms. The quantitative estimate of drug-likeness (QED) is 0.811. The molecule has 19 heavy (non-hydrogen) atoms. The minimum Gasteiger partial charge on any atom is -0.331 e. The number of amides is 1. The number of fused-ring (bicyclic) bond motifs is 1. The number of carbonyl (C=O) groups is 1. The van der Waals surface area contributed by atoms with Gasteiger partial charge in [-0.1, -0.05) is 25.1 Å². The fraction of sp³-hybridized carbons (Fsp3) is 0.312. The van der Waals surface area contributed by atoms with E-state index in [1.165, 1.54) is 10.4 Å². The third kappa shape index (κ3) is 2.19. The van der Waals surface area contributed by atoms with Gasteiger partial charge < -0.3 is 4.90 Å². The standard InChI is InChI=1S/C16H17NOS/c1-2-14-13-9-11-19-15(13)8-10-17(14)16(18)12-6-4-3-5-7-12/h3-7,9,11,14H,2,8,10H2,1H3. The van der Waals surface area contributed by atoms with Crippen molar-refractivity contribution >= 4 is 17.2 Å². The summed E-state index contributed by atoms with van der Waals surface area (Å²) in [6.07, 6.45) is 1.96. The number of nitrogens with zero attached hydrogens (tertiary/aromatic N) is 1. The average Bonchev–Trinajstić information content (AvgIpc) is 2.94. The maximum Gasteiger partial charge on any atom is 0.254 e. The van der Waals surface area contributed by atoms with E-state index in [0.29, 0.717) is 0 Å². The largest absolute Gasteiger partial charge is 0.331 e. The van der Waals surface area contributed by atoms with Gasteiger partial charge >= 0.3 is 0 Å². The molecule has 0 aliphatic carbocycles. The van der Waals surface area contributed by atoms with Crippen LogP contribution in [0.5, 0.6) is 0 Å². The van der Waals surface area contributed by atoms with Crippen LogP contribution in [0.3, 0.4) is 0 Å². The first-order chi connectivity index (χ1) is 9.31. The summed E-state index contributed by atoms with van der Waals surface area (Å²) >= 11 is 1.82. The van der Waals surface area contributed by atoms with Crippen LogP contribution in [0.2, 0.25) is 0 Å². The van der Waals surface area contributed by atoms with Gasteiger partial charge in [0.2, 0.25) is 0 Å². The van der Waals surface area contributed by atoms with Crippen LogP contribution in [0.1, 0.15) is 40.2 Å². The number of hydrogen-bond acceptors (Lipinski definition) is 2. The van der Waals surface area contributed by atoms with Crippen molar-refractivity contribution in [2.45, 2.75) is 25.8 Å². The van der Waals surface area contributed by atoms with Crippen molar-refractivity contribution in [2.24, 2.45) is 0 Å². The van der Waals surface area contributed by atoms with Crippen LogP contribution in [0, 0.1) is 0 Å². The Labute approximate surface area is 117 Å². The van der Waals surface area contributed by atoms with Gasteiger partial charge in [-0.3, -0.25) is 4.79 Å². The lowest BCUT2D eigenvalue weighted by molar-refractivity contribution is 0.0657. The molecule has 1 aliphatic rings. The Kier molecular flexibility index (Phi) is 3.38. The number of thiophene rings is 1. The van der Waals surface area contributed by atoms with Crippen molar-refractivity contribution in [2.75, 3.05) is 6.54 Å². The van der Waals surface area contributed by atoms with E-state index >= 15 is 0 Å². The lowest BCUT2D eigenvalue weighted by Gasteiger charge is -2.35. The van der Waals surface area contributed by atoms with Gasteiger partial charge in [-0.25, -0.2) is 0 Å². The molecular weight excluding hydrogens is 254 g/mol. The Morgan fingerprint density at radius 2 is 2.11 bits per heavy atom. The van der Waals surface area contributed by atoms with E-state index in [4.69, 9.17) is 0 Å². The smallest absolute Gasteiger partial charge is 0.254 e. The number of hydrogen-bond donors (Lipinski definition) is 0. The van der Waals surface area contributed by atoms with Crippen molar-refractivity contribution in [1.82, 2.24) is 4.90 Å². The molecule has 0 N–H and O–H groups in total. The van der Waals surface area contributed by atoms with Crippen LogP contribution in [0.25, 0.3) is 0 Å². The first kappa shape index (κ1) is 12.4. The molecule has 2 nitrogen and oxygen atoms in total. The zero-order chi connectivity index (χ0) is 13.2. The fourth-order valence-corrected chi connectivity index (χ4v) is 3.75. The zero-order valence-electron chi connectivity index (χ0n) is 11.0. The molecule has 1 amide bonds. The summed E-state index contributed by atoms with van der Waals surface area (Å²) in [6, 6.07) is 12.0. The second-order valence-corrected chi connectivity index (χ2v) is 5.84. The second kappa shape index (κ2) is 5.17. The zero-order valence-corrected chi connectivity index (χ0v) is 11.8. The average molecular weight is 271 g/mol. The molecule has 0 saturated heterocycles. The molecule has 1 aliphatic heterocycles. The fourth-order valence-electron chi connectivity index (χ4n) is 2.83. The minimum atomic E-state index is 0.157. The maximum absolute atomic E-state index is 12.6. The monoisotopic (exact) mass is 271 g/mol. The van der Waals surface area contributed by atoms with Crippen molar-refractivity contribution < 1.29 is 4.79 Å². The van der Waals surface area contributed by atoms with Crippen LogP contribution in [0.15, 0.2) is 41.8 Å². The Hall–Kier alpha value is -1.61. The van der Waals surface area contributed by atoms with Gasteiger partial charge in [0.25, 0.3) is 5.91 Å². The number of carbonyl (C=O) groups excluding carboxylic acids is 1. The first-order valence-corrected chi connectivity index (χ1v) is 7.61. The lowest BCUT2D eigenvalue weighted by Crippen LogP contribution is -2.39. The number of rotatable bonds is 2. The highest BCUT2D eigenvalue weighted by Crippen LogP contribution is 2.35. The molecule has 2 heterocycles. The summed E-state index contributed by atoms with van der Waals surface area (Å²) in [5, 5.41) is 2.14. The van der Waals surface area contributed by atoms with E-state index < -0.39 is 0 Å². The third-order valence-electron chi connectivity index (χ3n) is 3.76. The van der Waals surface area contributed by atoms with Gasteiger partial charge in [0, 0.05) is 17.0 Å². The molecule has 98 valence electrons. The van der Waals surface area contributed by atoms with Gasteiger partial charge in [-0.05, 0) is 42.0 Å². The highest BCUT2D eigenvalue weighted by Gasteiger charge is 2.30. The highest BCUT2D eigenvalue weighted by atomic mass is 32.1. The second-order valence-electron chi connectivity index (χ2n) is 4.84. The molecule has 1 atom stereocenters. The maximum atomic E-state index is 12.6. The Bertz CT molecular complexity index is 575. The topological polar surface area (TPSA) is 20.3 Å². The number of benzene rings is 1. The predicted octanol–water partition coefficient (Wildman–Crippen LogP) is 3.90. The Morgan fingerprint density at radius 3 is 2.84 bits per heavy atom. The molecule has 3 heteroatoms. The molecule has 2 aromatic rings. The van der Waals surface area contributed by atoms with Gasteiger partial charge in [0.1, 0.15) is 0 Å². The summed E-state index contributed by atoms with van der Waals surface area (Å²) in [5.74, 6) is 0.157. The van der Waals surface area contributed by atoms with Crippen LogP contribution in [0.4, 0.5) is 0 Å². The van der Waals surface area contributed by atoms with Gasteiger partial charge in [-0.2, -0.15) is 0 Å². The normalized spacial score (nSPS) is 18.2. The summed E-state index contributed by atoms with van der Waals surface area (Å²) in [6.45, 7) is 2.99. The lowest BCUT2D eigenvalue weighted by atomic mass is 9.97. The highest BCUT2D eigenvalue weighted by molar-refractivity contribution is 7.10. The molecule has 3 rings (SSSR count). The van der Waals surface area contributed by atoms with Gasteiger partial charge in [0.05, 0.1) is 6.04 Å². The molecule has 0 fully saturated rings. The SMILES string of the molecule is CCC1c2ccsc2CCN1C(=O)c1ccccc1. The van der Waals surface area contributed by atoms with Crippen molar-refractivity contribution in [3.63, 3.8) is 0 Å². The predicted molar refractivity (Wildman–Crippen MR) is 78.5 cm³/mol. The summed E-state index contributed by atoms with van der Waals surface area (Å²) < 4.78 is 0. The van der Waals surface area contributed by atoms with E-state index in [1.807, 2.05) is 46.6 Å². The summed E-state index contributed by atoms with van der Waals surface area (Å²) in [7, 11) is 0. The third-order valence-corrected chi connectivity index (χ3v) is 4.76. The van der Waals surface area contributed by atoms with Crippen LogP contribution < -0.4 is 0 Å². The van der Waals surface area contributed by atoms with Crippen molar-refractivity contribution in [1.29, 1.82) is 0 Å². The molecule has 1 aromatic heterocycles. The van der Waals surface area contributed by atoms with E-state index in [9.17, 15) is 4.79 Å². The molecular formula is C16H17NOS. The minimum absolute atomic E-state index is 0.157. The molecule has 0 saturated carbocycles. The Morgan fingerprint density at radius 1 is 1.32 bits per heavy atom. The van der Waals surface area contributed by atoms with Crippen LogP contribution in [-0.4, -0.2) is 17.4 Å². The molecule has 1 unspecified atom stereocenters. The van der Waals surface area contributed by atoms with Crippen LogP contribution in [-0.2, 0) is 6.42 Å². The van der Waals surface area contributed by atoms with E-state index in [-0.39, 0.29) is 11.9 Å². The molecule has 0 radical (unpaired) electrons. The van der Waals surface area contributed by atoms with E-state index in [2.05, 4.69) is 18.4 Å². The van der Waals surface area contributed by atoms with E-state index in [0.717, 1.165) is 24.9 Å². The first-order valence-electron chi connectivity index (χ1n) is 6.73. The summed E-state index contributed by atoms with van der Waals surface area (Å²) in [5.41, 5.74) is 2.14.